The quantitative estimate of drug-likeness (QED) is 0.322. The van der Waals surface area contributed by atoms with E-state index in [1.165, 1.54) is 0 Å². The van der Waals surface area contributed by atoms with Gasteiger partial charge in [0.2, 0.25) is 11.8 Å². The Balaban J connectivity index is 2.33. The molecule has 1 fully saturated rings. The molecule has 2 atom stereocenters. The summed E-state index contributed by atoms with van der Waals surface area (Å²) < 4.78 is 0. The highest BCUT2D eigenvalue weighted by Crippen LogP contribution is 2.37. The maximum Gasteiger partial charge on any atom is 0.246 e. The molecule has 0 aromatic heterocycles. The minimum absolute atomic E-state index is 0.285. The van der Waals surface area contributed by atoms with Crippen LogP contribution in [0, 0.1) is 23.3 Å². The molecule has 1 saturated heterocycles. The molecule has 0 radical (unpaired) electrons. The second-order valence-electron chi connectivity index (χ2n) is 3.82. The zero-order valence-corrected chi connectivity index (χ0v) is 7.86. The maximum atomic E-state index is 11.6. The molecule has 72 valence electrons. The number of nitriles is 1. The van der Waals surface area contributed by atoms with Crippen LogP contribution in [0.5, 0.6) is 0 Å². The number of carbonyl (C=O) groups excluding carboxylic acids is 2. The van der Waals surface area contributed by atoms with Crippen LogP contribution >= 0.6 is 0 Å². The predicted molar refractivity (Wildman–Crippen MR) is 47.4 cm³/mol. The zero-order valence-electron chi connectivity index (χ0n) is 7.86. The summed E-state index contributed by atoms with van der Waals surface area (Å²) >= 11 is 0. The SMILES string of the molecule is CC1=CCC2C(=O)N(C#N)C(=O)C2C1. The van der Waals surface area contributed by atoms with E-state index in [2.05, 4.69) is 0 Å². The van der Waals surface area contributed by atoms with E-state index in [9.17, 15) is 9.59 Å². The van der Waals surface area contributed by atoms with Crippen LogP contribution in [0.3, 0.4) is 0 Å². The van der Waals surface area contributed by atoms with Gasteiger partial charge < -0.3 is 0 Å². The highest BCUT2D eigenvalue weighted by molar-refractivity contribution is 6.06. The van der Waals surface area contributed by atoms with Gasteiger partial charge in [-0.1, -0.05) is 11.6 Å². The van der Waals surface area contributed by atoms with Crippen LogP contribution < -0.4 is 0 Å². The van der Waals surface area contributed by atoms with E-state index in [1.807, 2.05) is 13.0 Å². The topological polar surface area (TPSA) is 61.2 Å². The Morgan fingerprint density at radius 2 is 2.07 bits per heavy atom. The molecule has 2 aliphatic rings. The van der Waals surface area contributed by atoms with Gasteiger partial charge in [0.1, 0.15) is 0 Å². The van der Waals surface area contributed by atoms with Gasteiger partial charge in [0, 0.05) is 0 Å². The van der Waals surface area contributed by atoms with Crippen molar-refractivity contribution in [3.05, 3.63) is 11.6 Å². The second kappa shape index (κ2) is 2.95. The monoisotopic (exact) mass is 190 g/mol. The summed E-state index contributed by atoms with van der Waals surface area (Å²) in [5.41, 5.74) is 1.13. The minimum atomic E-state index is -0.328. The number of rotatable bonds is 0. The smallest absolute Gasteiger partial charge is 0.246 e. The van der Waals surface area contributed by atoms with E-state index in [0.717, 1.165) is 5.57 Å². The van der Waals surface area contributed by atoms with Crippen LogP contribution in [-0.2, 0) is 9.59 Å². The van der Waals surface area contributed by atoms with Crippen LogP contribution in [0.1, 0.15) is 19.8 Å². The highest BCUT2D eigenvalue weighted by Gasteiger charge is 2.48. The van der Waals surface area contributed by atoms with Crippen LogP contribution in [0.15, 0.2) is 11.6 Å². The van der Waals surface area contributed by atoms with Crippen LogP contribution in [0.25, 0.3) is 0 Å². The Bertz CT molecular complexity index is 378. The number of likely N-dealkylation sites (tertiary alicyclic amines) is 1. The predicted octanol–water partition coefficient (Wildman–Crippen LogP) is 0.809. The van der Waals surface area contributed by atoms with E-state index < -0.39 is 0 Å². The van der Waals surface area contributed by atoms with E-state index in [4.69, 9.17) is 5.26 Å². The third-order valence-electron chi connectivity index (χ3n) is 2.92. The molecule has 1 aliphatic carbocycles. The lowest BCUT2D eigenvalue weighted by Gasteiger charge is -2.18. The number of fused-ring (bicyclic) bond motifs is 1. The number of hydrogen-bond acceptors (Lipinski definition) is 3. The Morgan fingerprint density at radius 1 is 1.43 bits per heavy atom. The van der Waals surface area contributed by atoms with E-state index >= 15 is 0 Å². The van der Waals surface area contributed by atoms with Crippen molar-refractivity contribution in [2.45, 2.75) is 19.8 Å². The van der Waals surface area contributed by atoms with Crippen molar-refractivity contribution in [1.29, 1.82) is 5.26 Å². The van der Waals surface area contributed by atoms with Crippen molar-refractivity contribution < 1.29 is 9.59 Å². The Labute approximate surface area is 81.8 Å². The third-order valence-corrected chi connectivity index (χ3v) is 2.92. The molecule has 2 amide bonds. The van der Waals surface area contributed by atoms with E-state index in [1.54, 1.807) is 6.19 Å². The van der Waals surface area contributed by atoms with Gasteiger partial charge in [0.05, 0.1) is 11.8 Å². The van der Waals surface area contributed by atoms with Gasteiger partial charge in [-0.25, -0.2) is 0 Å². The molecule has 2 rings (SSSR count). The fourth-order valence-corrected chi connectivity index (χ4v) is 2.14. The molecule has 0 bridgehead atoms. The van der Waals surface area contributed by atoms with Crippen LogP contribution in [-0.4, -0.2) is 16.7 Å². The number of imide groups is 1. The van der Waals surface area contributed by atoms with Gasteiger partial charge in [-0.2, -0.15) is 10.2 Å². The Kier molecular flexibility index (Phi) is 1.88. The summed E-state index contributed by atoms with van der Waals surface area (Å²) in [5, 5.41) is 8.64. The lowest BCUT2D eigenvalue weighted by Crippen LogP contribution is -2.25. The van der Waals surface area contributed by atoms with Crippen LogP contribution in [0.4, 0.5) is 0 Å². The van der Waals surface area contributed by atoms with Gasteiger partial charge in [0.25, 0.3) is 0 Å². The number of amides is 2. The first kappa shape index (κ1) is 8.95. The molecule has 1 aliphatic heterocycles. The fraction of sp³-hybridized carbons (Fsp3) is 0.500. The van der Waals surface area contributed by atoms with Crippen molar-refractivity contribution in [3.63, 3.8) is 0 Å². The number of allylic oxidation sites excluding steroid dienone is 2. The molecule has 0 aromatic carbocycles. The third kappa shape index (κ3) is 1.06. The van der Waals surface area contributed by atoms with Gasteiger partial charge in [0.15, 0.2) is 6.19 Å². The molecule has 0 aromatic rings. The summed E-state index contributed by atoms with van der Waals surface area (Å²) in [4.78, 5) is 23.8. The maximum absolute atomic E-state index is 11.6. The standard InChI is InChI=1S/C10H10N2O2/c1-6-2-3-7-8(4-6)10(14)12(5-11)9(7)13/h2,7-8H,3-4H2,1H3. The molecule has 4 nitrogen and oxygen atoms in total. The molecule has 0 spiro atoms. The lowest BCUT2D eigenvalue weighted by atomic mass is 9.82. The Hall–Kier alpha value is -1.63. The average molecular weight is 190 g/mol. The van der Waals surface area contributed by atoms with Gasteiger partial charge in [-0.15, -0.1) is 0 Å². The van der Waals surface area contributed by atoms with Crippen molar-refractivity contribution >= 4 is 11.8 Å². The second-order valence-corrected chi connectivity index (χ2v) is 3.82. The molecule has 4 heteroatoms. The normalized spacial score (nSPS) is 31.1. The van der Waals surface area contributed by atoms with E-state index in [0.29, 0.717) is 17.7 Å². The first-order valence-electron chi connectivity index (χ1n) is 4.58. The first-order chi connectivity index (χ1) is 6.65. The van der Waals surface area contributed by atoms with Gasteiger partial charge >= 0.3 is 0 Å². The molecule has 1 heterocycles. The average Bonchev–Trinajstić information content (AvgIpc) is 2.39. The largest absolute Gasteiger partial charge is 0.273 e. The molecule has 0 N–H and O–H groups in total. The number of hydrogen-bond donors (Lipinski definition) is 0. The van der Waals surface area contributed by atoms with Crippen molar-refractivity contribution in [1.82, 2.24) is 4.90 Å². The summed E-state index contributed by atoms with van der Waals surface area (Å²) in [6.07, 6.45) is 4.84. The number of nitrogens with zero attached hydrogens (tertiary/aromatic N) is 2. The first-order valence-corrected chi connectivity index (χ1v) is 4.58. The molecular formula is C10H10N2O2. The zero-order chi connectivity index (χ0) is 10.3. The van der Waals surface area contributed by atoms with Gasteiger partial charge in [-0.3, -0.25) is 9.59 Å². The highest BCUT2D eigenvalue weighted by atomic mass is 16.2. The number of carbonyl (C=O) groups is 2. The molecule has 0 saturated carbocycles. The van der Waals surface area contributed by atoms with Crippen molar-refractivity contribution in [3.8, 4) is 6.19 Å². The van der Waals surface area contributed by atoms with E-state index in [-0.39, 0.29) is 23.7 Å². The lowest BCUT2D eigenvalue weighted by molar-refractivity contribution is -0.135. The van der Waals surface area contributed by atoms with Crippen LogP contribution in [0.2, 0.25) is 0 Å². The molecule has 2 unspecified atom stereocenters. The fourth-order valence-electron chi connectivity index (χ4n) is 2.14. The molecule has 14 heavy (non-hydrogen) atoms. The summed E-state index contributed by atoms with van der Waals surface area (Å²) in [6, 6.07) is 0. The van der Waals surface area contributed by atoms with Crippen molar-refractivity contribution in [2.75, 3.05) is 0 Å². The summed E-state index contributed by atoms with van der Waals surface area (Å²) in [5.74, 6) is -1.22. The minimum Gasteiger partial charge on any atom is -0.273 e. The summed E-state index contributed by atoms with van der Waals surface area (Å²) in [7, 11) is 0. The summed E-state index contributed by atoms with van der Waals surface area (Å²) in [6.45, 7) is 1.95. The molecular weight excluding hydrogens is 180 g/mol. The van der Waals surface area contributed by atoms with Crippen molar-refractivity contribution in [2.24, 2.45) is 11.8 Å². The Morgan fingerprint density at radius 3 is 2.71 bits per heavy atom. The van der Waals surface area contributed by atoms with Gasteiger partial charge in [-0.05, 0) is 19.8 Å².